The van der Waals surface area contributed by atoms with Crippen LogP contribution >= 0.6 is 0 Å². The van der Waals surface area contributed by atoms with Crippen LogP contribution in [0.4, 0.5) is 0 Å². The summed E-state index contributed by atoms with van der Waals surface area (Å²) in [6.07, 6.45) is 0. The average molecular weight is 215 g/mol. The lowest BCUT2D eigenvalue weighted by molar-refractivity contribution is 0.340. The monoisotopic (exact) mass is 215 g/mol. The topological polar surface area (TPSA) is 22.1 Å². The third-order valence-corrected chi connectivity index (χ3v) is 2.72. The van der Waals surface area contributed by atoms with Crippen molar-refractivity contribution in [3.63, 3.8) is 0 Å². The SMILES string of the molecule is CCOc1cc(C)c2nc(C)cc(C)c2c1. The molecule has 2 nitrogen and oxygen atoms in total. The van der Waals surface area contributed by atoms with Crippen molar-refractivity contribution in [1.29, 1.82) is 0 Å². The summed E-state index contributed by atoms with van der Waals surface area (Å²) in [5, 5.41) is 1.19. The maximum atomic E-state index is 5.55. The van der Waals surface area contributed by atoms with E-state index in [1.165, 1.54) is 16.5 Å². The van der Waals surface area contributed by atoms with Crippen molar-refractivity contribution >= 4 is 10.9 Å². The molecule has 0 aliphatic rings. The van der Waals surface area contributed by atoms with Gasteiger partial charge in [-0.2, -0.15) is 0 Å². The van der Waals surface area contributed by atoms with Crippen molar-refractivity contribution in [2.45, 2.75) is 27.7 Å². The summed E-state index contributed by atoms with van der Waals surface area (Å²) in [5.41, 5.74) is 4.58. The van der Waals surface area contributed by atoms with Gasteiger partial charge in [-0.15, -0.1) is 0 Å². The highest BCUT2D eigenvalue weighted by molar-refractivity contribution is 5.86. The summed E-state index contributed by atoms with van der Waals surface area (Å²) in [5.74, 6) is 0.932. The third-order valence-electron chi connectivity index (χ3n) is 2.72. The van der Waals surface area contributed by atoms with Gasteiger partial charge in [0.05, 0.1) is 12.1 Å². The molecule has 2 heteroatoms. The molecule has 0 radical (unpaired) electrons. The Bertz CT molecular complexity index is 532. The molecule has 2 aromatic rings. The number of aromatic nitrogens is 1. The second kappa shape index (κ2) is 4.12. The van der Waals surface area contributed by atoms with Gasteiger partial charge < -0.3 is 4.74 Å². The van der Waals surface area contributed by atoms with Crippen LogP contribution in [0.15, 0.2) is 18.2 Å². The maximum absolute atomic E-state index is 5.55. The lowest BCUT2D eigenvalue weighted by Crippen LogP contribution is -1.95. The molecule has 0 aliphatic heterocycles. The summed E-state index contributed by atoms with van der Waals surface area (Å²) >= 11 is 0. The second-order valence-corrected chi connectivity index (χ2v) is 4.15. The number of rotatable bonds is 2. The number of benzene rings is 1. The molecule has 2 rings (SSSR count). The number of hydrogen-bond donors (Lipinski definition) is 0. The van der Waals surface area contributed by atoms with Crippen molar-refractivity contribution in [3.05, 3.63) is 35.0 Å². The molecule has 0 N–H and O–H groups in total. The summed E-state index contributed by atoms with van der Waals surface area (Å²) in [6.45, 7) is 8.92. The molecule has 0 bridgehead atoms. The minimum absolute atomic E-state index is 0.698. The molecule has 1 aromatic carbocycles. The van der Waals surface area contributed by atoms with Crippen LogP contribution in [0.25, 0.3) is 10.9 Å². The average Bonchev–Trinajstić information content (AvgIpc) is 2.20. The van der Waals surface area contributed by atoms with Gasteiger partial charge >= 0.3 is 0 Å². The fourth-order valence-corrected chi connectivity index (χ4v) is 2.05. The van der Waals surface area contributed by atoms with E-state index in [-0.39, 0.29) is 0 Å². The van der Waals surface area contributed by atoms with E-state index >= 15 is 0 Å². The standard InChI is InChI=1S/C14H17NO/c1-5-16-12-7-10(3)14-13(8-12)9(2)6-11(4)15-14/h6-8H,5H2,1-4H3. The first-order chi connectivity index (χ1) is 7.61. The molecule has 16 heavy (non-hydrogen) atoms. The Balaban J connectivity index is 2.71. The summed E-state index contributed by atoms with van der Waals surface area (Å²) in [4.78, 5) is 4.58. The van der Waals surface area contributed by atoms with Crippen LogP contribution in [-0.4, -0.2) is 11.6 Å². The number of fused-ring (bicyclic) bond motifs is 1. The Morgan fingerprint density at radius 2 is 1.81 bits per heavy atom. The number of pyridine rings is 1. The molecule has 1 heterocycles. The Kier molecular flexibility index (Phi) is 2.82. The predicted octanol–water partition coefficient (Wildman–Crippen LogP) is 3.56. The molecule has 0 spiro atoms. The van der Waals surface area contributed by atoms with E-state index < -0.39 is 0 Å². The normalized spacial score (nSPS) is 10.8. The first kappa shape index (κ1) is 10.9. The highest BCUT2D eigenvalue weighted by Crippen LogP contribution is 2.26. The fraction of sp³-hybridized carbons (Fsp3) is 0.357. The van der Waals surface area contributed by atoms with Gasteiger partial charge in [0.15, 0.2) is 0 Å². The van der Waals surface area contributed by atoms with Gasteiger partial charge in [-0.1, -0.05) is 0 Å². The van der Waals surface area contributed by atoms with E-state index in [2.05, 4.69) is 37.0 Å². The van der Waals surface area contributed by atoms with Gasteiger partial charge in [0.25, 0.3) is 0 Å². The Morgan fingerprint density at radius 1 is 1.06 bits per heavy atom. The van der Waals surface area contributed by atoms with E-state index in [0.717, 1.165) is 17.0 Å². The molecule has 0 amide bonds. The molecule has 0 saturated carbocycles. The smallest absolute Gasteiger partial charge is 0.120 e. The Hall–Kier alpha value is -1.57. The van der Waals surface area contributed by atoms with E-state index in [0.29, 0.717) is 6.61 Å². The zero-order chi connectivity index (χ0) is 11.7. The van der Waals surface area contributed by atoms with Crippen molar-refractivity contribution < 1.29 is 4.74 Å². The van der Waals surface area contributed by atoms with Crippen LogP contribution in [0.1, 0.15) is 23.7 Å². The summed E-state index contributed by atoms with van der Waals surface area (Å²) < 4.78 is 5.55. The van der Waals surface area contributed by atoms with Crippen LogP contribution in [0.3, 0.4) is 0 Å². The minimum atomic E-state index is 0.698. The van der Waals surface area contributed by atoms with Crippen LogP contribution in [0, 0.1) is 20.8 Å². The van der Waals surface area contributed by atoms with E-state index in [9.17, 15) is 0 Å². The van der Waals surface area contributed by atoms with Crippen LogP contribution in [0.2, 0.25) is 0 Å². The van der Waals surface area contributed by atoms with Crippen molar-refractivity contribution in [3.8, 4) is 5.75 Å². The quantitative estimate of drug-likeness (QED) is 0.764. The maximum Gasteiger partial charge on any atom is 0.120 e. The van der Waals surface area contributed by atoms with E-state index in [1.807, 2.05) is 13.8 Å². The molecule has 0 unspecified atom stereocenters. The summed E-state index contributed by atoms with van der Waals surface area (Å²) in [7, 11) is 0. The lowest BCUT2D eigenvalue weighted by atomic mass is 10.1. The van der Waals surface area contributed by atoms with Gasteiger partial charge in [0.1, 0.15) is 5.75 Å². The Labute approximate surface area is 96.3 Å². The van der Waals surface area contributed by atoms with Gasteiger partial charge in [-0.05, 0) is 57.0 Å². The molecule has 1 aromatic heterocycles. The van der Waals surface area contributed by atoms with Crippen LogP contribution in [-0.2, 0) is 0 Å². The molecule has 0 saturated heterocycles. The molecule has 0 fully saturated rings. The number of nitrogens with zero attached hydrogens (tertiary/aromatic N) is 1. The van der Waals surface area contributed by atoms with Gasteiger partial charge in [0, 0.05) is 11.1 Å². The highest BCUT2D eigenvalue weighted by Gasteiger charge is 2.06. The molecule has 0 aliphatic carbocycles. The lowest BCUT2D eigenvalue weighted by Gasteiger charge is -2.10. The van der Waals surface area contributed by atoms with Crippen LogP contribution < -0.4 is 4.74 Å². The van der Waals surface area contributed by atoms with Crippen molar-refractivity contribution in [2.24, 2.45) is 0 Å². The van der Waals surface area contributed by atoms with E-state index in [1.54, 1.807) is 0 Å². The van der Waals surface area contributed by atoms with E-state index in [4.69, 9.17) is 4.74 Å². The first-order valence-corrected chi connectivity index (χ1v) is 5.63. The zero-order valence-corrected chi connectivity index (χ0v) is 10.3. The predicted molar refractivity (Wildman–Crippen MR) is 67.1 cm³/mol. The molecule has 84 valence electrons. The zero-order valence-electron chi connectivity index (χ0n) is 10.3. The largest absolute Gasteiger partial charge is 0.494 e. The van der Waals surface area contributed by atoms with Gasteiger partial charge in [-0.3, -0.25) is 4.98 Å². The third kappa shape index (κ3) is 1.87. The van der Waals surface area contributed by atoms with Crippen molar-refractivity contribution in [1.82, 2.24) is 4.98 Å². The van der Waals surface area contributed by atoms with Gasteiger partial charge in [-0.25, -0.2) is 0 Å². The first-order valence-electron chi connectivity index (χ1n) is 5.63. The van der Waals surface area contributed by atoms with Gasteiger partial charge in [0.2, 0.25) is 0 Å². The molecular formula is C14H17NO. The highest BCUT2D eigenvalue weighted by atomic mass is 16.5. The summed E-state index contributed by atoms with van der Waals surface area (Å²) in [6, 6.07) is 6.24. The molecular weight excluding hydrogens is 198 g/mol. The number of aryl methyl sites for hydroxylation is 3. The number of ether oxygens (including phenoxy) is 1. The second-order valence-electron chi connectivity index (χ2n) is 4.15. The minimum Gasteiger partial charge on any atom is -0.494 e. The van der Waals surface area contributed by atoms with Crippen LogP contribution in [0.5, 0.6) is 5.75 Å². The number of hydrogen-bond acceptors (Lipinski definition) is 2. The Morgan fingerprint density at radius 3 is 2.50 bits per heavy atom. The van der Waals surface area contributed by atoms with Crippen molar-refractivity contribution in [2.75, 3.05) is 6.61 Å². The fourth-order valence-electron chi connectivity index (χ4n) is 2.05. The molecule has 0 atom stereocenters.